The van der Waals surface area contributed by atoms with Gasteiger partial charge in [0.15, 0.2) is 0 Å². The van der Waals surface area contributed by atoms with Crippen molar-refractivity contribution in [2.75, 3.05) is 0 Å². The maximum atomic E-state index is 10.9. The average molecular weight is 248 g/mol. The second kappa shape index (κ2) is 5.42. The van der Waals surface area contributed by atoms with Crippen molar-refractivity contribution in [3.8, 4) is 5.75 Å². The molecular formula is C15H20O3. The quantitative estimate of drug-likeness (QED) is 0.888. The molecule has 1 fully saturated rings. The summed E-state index contributed by atoms with van der Waals surface area (Å²) in [6, 6.07) is 5.20. The van der Waals surface area contributed by atoms with Crippen molar-refractivity contribution in [1.29, 1.82) is 0 Å². The third-order valence-electron chi connectivity index (χ3n) is 3.69. The molecule has 0 radical (unpaired) electrons. The van der Waals surface area contributed by atoms with E-state index in [2.05, 4.69) is 6.92 Å². The Morgan fingerprint density at radius 2 is 1.94 bits per heavy atom. The first-order chi connectivity index (χ1) is 8.56. The summed E-state index contributed by atoms with van der Waals surface area (Å²) in [7, 11) is 0. The molecule has 0 unspecified atom stereocenters. The predicted octanol–water partition coefficient (Wildman–Crippen LogP) is 3.65. The molecule has 98 valence electrons. The van der Waals surface area contributed by atoms with Crippen LogP contribution in [0.1, 0.15) is 48.5 Å². The van der Waals surface area contributed by atoms with E-state index in [1.165, 1.54) is 12.8 Å². The highest BCUT2D eigenvalue weighted by Crippen LogP contribution is 2.28. The minimum absolute atomic E-state index is 0.288. The van der Waals surface area contributed by atoms with Crippen LogP contribution in [-0.2, 0) is 0 Å². The van der Waals surface area contributed by atoms with Crippen LogP contribution in [0.25, 0.3) is 0 Å². The lowest BCUT2D eigenvalue weighted by atomic mass is 9.89. The Balaban J connectivity index is 2.02. The molecule has 3 heteroatoms. The molecule has 0 spiro atoms. The molecule has 1 aliphatic rings. The monoisotopic (exact) mass is 248 g/mol. The van der Waals surface area contributed by atoms with Gasteiger partial charge >= 0.3 is 5.97 Å². The number of hydrogen-bond acceptors (Lipinski definition) is 2. The van der Waals surface area contributed by atoms with Crippen LogP contribution in [-0.4, -0.2) is 17.2 Å². The van der Waals surface area contributed by atoms with Gasteiger partial charge < -0.3 is 9.84 Å². The Kier molecular flexibility index (Phi) is 3.90. The van der Waals surface area contributed by atoms with Gasteiger partial charge in [0.1, 0.15) is 5.75 Å². The molecular weight excluding hydrogens is 228 g/mol. The molecule has 1 aliphatic carbocycles. The van der Waals surface area contributed by atoms with Crippen LogP contribution in [0.5, 0.6) is 5.75 Å². The van der Waals surface area contributed by atoms with Crippen molar-refractivity contribution in [3.05, 3.63) is 29.3 Å². The standard InChI is InChI=1S/C15H20O3/c1-10-3-5-12(6-4-10)18-13-7-8-14(15(16)17)11(2)9-13/h7-10,12H,3-6H2,1-2H3,(H,16,17). The van der Waals surface area contributed by atoms with Crippen LogP contribution in [0.2, 0.25) is 0 Å². The van der Waals surface area contributed by atoms with E-state index in [1.54, 1.807) is 19.1 Å². The molecule has 0 saturated heterocycles. The molecule has 2 rings (SSSR count). The summed E-state index contributed by atoms with van der Waals surface area (Å²) >= 11 is 0. The Bertz CT molecular complexity index is 431. The number of hydrogen-bond donors (Lipinski definition) is 1. The summed E-state index contributed by atoms with van der Waals surface area (Å²) in [5.41, 5.74) is 1.10. The van der Waals surface area contributed by atoms with Crippen molar-refractivity contribution in [2.45, 2.75) is 45.6 Å². The number of carbonyl (C=O) groups is 1. The van der Waals surface area contributed by atoms with Gasteiger partial charge in [0.25, 0.3) is 0 Å². The van der Waals surface area contributed by atoms with Gasteiger partial charge in [-0.3, -0.25) is 0 Å². The molecule has 0 amide bonds. The molecule has 1 aromatic carbocycles. The summed E-state index contributed by atoms with van der Waals surface area (Å²) < 4.78 is 5.93. The fraction of sp³-hybridized carbons (Fsp3) is 0.533. The van der Waals surface area contributed by atoms with Crippen LogP contribution in [0.3, 0.4) is 0 Å². The largest absolute Gasteiger partial charge is 0.490 e. The van der Waals surface area contributed by atoms with E-state index in [0.717, 1.165) is 30.1 Å². The minimum atomic E-state index is -0.884. The highest BCUT2D eigenvalue weighted by atomic mass is 16.5. The van der Waals surface area contributed by atoms with Crippen molar-refractivity contribution in [1.82, 2.24) is 0 Å². The highest BCUT2D eigenvalue weighted by Gasteiger charge is 2.19. The maximum absolute atomic E-state index is 10.9. The first-order valence-electron chi connectivity index (χ1n) is 6.57. The molecule has 0 atom stereocenters. The smallest absolute Gasteiger partial charge is 0.335 e. The number of carboxylic acid groups (broad SMARTS) is 1. The van der Waals surface area contributed by atoms with E-state index in [1.807, 2.05) is 6.07 Å². The topological polar surface area (TPSA) is 46.5 Å². The summed E-state index contributed by atoms with van der Waals surface area (Å²) in [5, 5.41) is 8.97. The Hall–Kier alpha value is -1.51. The van der Waals surface area contributed by atoms with E-state index in [0.29, 0.717) is 5.56 Å². The number of ether oxygens (including phenoxy) is 1. The second-order valence-electron chi connectivity index (χ2n) is 5.28. The third-order valence-corrected chi connectivity index (χ3v) is 3.69. The van der Waals surface area contributed by atoms with Crippen LogP contribution >= 0.6 is 0 Å². The summed E-state index contributed by atoms with van der Waals surface area (Å²) in [6.45, 7) is 4.08. The van der Waals surface area contributed by atoms with E-state index >= 15 is 0 Å². The lowest BCUT2D eigenvalue weighted by Gasteiger charge is -2.27. The number of rotatable bonds is 3. The van der Waals surface area contributed by atoms with Gasteiger partial charge in [-0.1, -0.05) is 6.92 Å². The molecule has 18 heavy (non-hydrogen) atoms. The fourth-order valence-electron chi connectivity index (χ4n) is 2.49. The van der Waals surface area contributed by atoms with E-state index in [9.17, 15) is 4.79 Å². The SMILES string of the molecule is Cc1cc(OC2CCC(C)CC2)ccc1C(=O)O. The van der Waals surface area contributed by atoms with E-state index in [-0.39, 0.29) is 6.10 Å². The molecule has 0 aromatic heterocycles. The normalized spacial score (nSPS) is 23.7. The van der Waals surface area contributed by atoms with Crippen LogP contribution in [0, 0.1) is 12.8 Å². The summed E-state index contributed by atoms with van der Waals surface area (Å²) in [6.07, 6.45) is 4.92. The lowest BCUT2D eigenvalue weighted by Crippen LogP contribution is -2.23. The number of aryl methyl sites for hydroxylation is 1. The molecule has 3 nitrogen and oxygen atoms in total. The van der Waals surface area contributed by atoms with Gasteiger partial charge in [-0.15, -0.1) is 0 Å². The summed E-state index contributed by atoms with van der Waals surface area (Å²) in [4.78, 5) is 10.9. The van der Waals surface area contributed by atoms with Crippen LogP contribution < -0.4 is 4.74 Å². The highest BCUT2D eigenvalue weighted by molar-refractivity contribution is 5.89. The lowest BCUT2D eigenvalue weighted by molar-refractivity contribution is 0.0696. The van der Waals surface area contributed by atoms with Crippen molar-refractivity contribution in [2.24, 2.45) is 5.92 Å². The zero-order chi connectivity index (χ0) is 13.1. The Morgan fingerprint density at radius 1 is 1.28 bits per heavy atom. The Morgan fingerprint density at radius 3 is 2.50 bits per heavy atom. The van der Waals surface area contributed by atoms with Crippen LogP contribution in [0.15, 0.2) is 18.2 Å². The zero-order valence-electron chi connectivity index (χ0n) is 11.0. The molecule has 0 heterocycles. The molecule has 1 N–H and O–H groups in total. The van der Waals surface area contributed by atoms with Gasteiger partial charge in [-0.25, -0.2) is 4.79 Å². The first-order valence-corrected chi connectivity index (χ1v) is 6.57. The molecule has 1 saturated carbocycles. The zero-order valence-corrected chi connectivity index (χ0v) is 11.0. The van der Waals surface area contributed by atoms with E-state index in [4.69, 9.17) is 9.84 Å². The molecule has 1 aromatic rings. The molecule has 0 aliphatic heterocycles. The average Bonchev–Trinajstić information content (AvgIpc) is 2.32. The summed E-state index contributed by atoms with van der Waals surface area (Å²) in [5.74, 6) is 0.712. The number of benzene rings is 1. The van der Waals surface area contributed by atoms with Crippen molar-refractivity contribution in [3.63, 3.8) is 0 Å². The van der Waals surface area contributed by atoms with Crippen molar-refractivity contribution < 1.29 is 14.6 Å². The maximum Gasteiger partial charge on any atom is 0.335 e. The van der Waals surface area contributed by atoms with Gasteiger partial charge in [0.05, 0.1) is 11.7 Å². The first kappa shape index (κ1) is 12.9. The molecule has 0 bridgehead atoms. The van der Waals surface area contributed by atoms with Gasteiger partial charge in [-0.2, -0.15) is 0 Å². The van der Waals surface area contributed by atoms with Gasteiger partial charge in [0.2, 0.25) is 0 Å². The number of aromatic carboxylic acids is 1. The number of carboxylic acids is 1. The van der Waals surface area contributed by atoms with Crippen LogP contribution in [0.4, 0.5) is 0 Å². The third kappa shape index (κ3) is 3.03. The van der Waals surface area contributed by atoms with E-state index < -0.39 is 5.97 Å². The predicted molar refractivity (Wildman–Crippen MR) is 70.2 cm³/mol. The fourth-order valence-corrected chi connectivity index (χ4v) is 2.49. The van der Waals surface area contributed by atoms with Gasteiger partial charge in [0, 0.05) is 0 Å². The second-order valence-corrected chi connectivity index (χ2v) is 5.28. The minimum Gasteiger partial charge on any atom is -0.490 e. The van der Waals surface area contributed by atoms with Crippen molar-refractivity contribution >= 4 is 5.97 Å². The van der Waals surface area contributed by atoms with Gasteiger partial charge in [-0.05, 0) is 62.3 Å². The Labute approximate surface area is 108 Å².